The summed E-state index contributed by atoms with van der Waals surface area (Å²) in [7, 11) is -2.55. The van der Waals surface area contributed by atoms with Crippen molar-refractivity contribution in [2.45, 2.75) is 227 Å². The van der Waals surface area contributed by atoms with E-state index in [1.807, 2.05) is 6.92 Å². The molecule has 0 saturated heterocycles. The van der Waals surface area contributed by atoms with Crippen molar-refractivity contribution < 1.29 is 61.2 Å². The Balaban J connectivity index is 2.55. The molecular weight excluding hydrogens is 1060 g/mol. The monoisotopic (exact) mass is 1190 g/mol. The van der Waals surface area contributed by atoms with E-state index in [4.69, 9.17) is 62.2 Å². The zero-order valence-electron chi connectivity index (χ0n) is 53.2. The van der Waals surface area contributed by atoms with Gasteiger partial charge in [0.2, 0.25) is 13.1 Å². The molecule has 1 aromatic rings. The van der Waals surface area contributed by atoms with E-state index in [1.165, 1.54) is 154 Å². The number of unbranched alkanes of at least 4 members (excludes halogenated alkanes) is 27. The van der Waals surface area contributed by atoms with Crippen molar-refractivity contribution in [1.82, 2.24) is 5.32 Å². The summed E-state index contributed by atoms with van der Waals surface area (Å²) in [5.74, 6) is 2.22. The minimum atomic E-state index is -2.55. The highest BCUT2D eigenvalue weighted by molar-refractivity contribution is 7.58. The van der Waals surface area contributed by atoms with Gasteiger partial charge in [-0.15, -0.1) is 0 Å². The van der Waals surface area contributed by atoms with E-state index in [2.05, 4.69) is 43.3 Å². The van der Waals surface area contributed by atoms with Crippen LogP contribution >= 0.6 is 7.37 Å². The zero-order valence-corrected chi connectivity index (χ0v) is 54.1. The first-order valence-corrected chi connectivity index (χ1v) is 35.3. The molecule has 0 aliphatic heterocycles. The fourth-order valence-corrected chi connectivity index (χ4v) is 10.2. The molecule has 0 heterocycles. The molecule has 0 spiro atoms. The van der Waals surface area contributed by atoms with Gasteiger partial charge in [0.25, 0.3) is 0 Å². The zero-order chi connectivity index (χ0) is 59.2. The summed E-state index contributed by atoms with van der Waals surface area (Å²) in [5.41, 5.74) is 9.30. The quantitative estimate of drug-likeness (QED) is 0.0358. The Bertz CT molecular complexity index is 1550. The number of hydrogen-bond acceptors (Lipinski definition) is 16. The minimum absolute atomic E-state index is 0.186. The highest BCUT2D eigenvalue weighted by Crippen LogP contribution is 2.42. The summed E-state index contributed by atoms with van der Waals surface area (Å²) in [6.45, 7) is 20.1. The Morgan fingerprint density at radius 3 is 1.06 bits per heavy atom. The minimum Gasteiger partial charge on any atom is -0.490 e. The van der Waals surface area contributed by atoms with Gasteiger partial charge < -0.3 is 61.9 Å². The average molecular weight is 1190 g/mol. The van der Waals surface area contributed by atoms with Crippen molar-refractivity contribution in [2.75, 3.05) is 145 Å². The highest BCUT2D eigenvalue weighted by atomic mass is 31.2. The van der Waals surface area contributed by atoms with Gasteiger partial charge in [0.05, 0.1) is 132 Å². The third kappa shape index (κ3) is 52.0. The van der Waals surface area contributed by atoms with Gasteiger partial charge in [-0.25, -0.2) is 5.53 Å². The molecule has 0 fully saturated rings. The van der Waals surface area contributed by atoms with Crippen LogP contribution in [0.1, 0.15) is 226 Å². The molecule has 0 aliphatic carbocycles. The van der Waals surface area contributed by atoms with Gasteiger partial charge >= 0.3 is 0 Å². The molecule has 0 saturated carbocycles. The van der Waals surface area contributed by atoms with Gasteiger partial charge in [-0.3, -0.25) is 4.57 Å². The Morgan fingerprint density at radius 2 is 0.732 bits per heavy atom. The number of ether oxygens (including phenoxy) is 11. The van der Waals surface area contributed by atoms with Crippen LogP contribution in [0, 0.1) is 5.53 Å². The summed E-state index contributed by atoms with van der Waals surface area (Å²) >= 11 is 0. The summed E-state index contributed by atoms with van der Waals surface area (Å²) in [4.78, 5) is 0. The van der Waals surface area contributed by atoms with E-state index in [0.717, 1.165) is 61.3 Å². The van der Waals surface area contributed by atoms with Gasteiger partial charge in [0.1, 0.15) is 5.70 Å². The normalized spacial score (nSPS) is 12.5. The second-order valence-corrected chi connectivity index (χ2v) is 24.4. The predicted molar refractivity (Wildman–Crippen MR) is 335 cm³/mol. The largest absolute Gasteiger partial charge is 0.490 e. The highest BCUT2D eigenvalue weighted by Gasteiger charge is 2.17. The topological polar surface area (TPSA) is 176 Å². The van der Waals surface area contributed by atoms with E-state index >= 15 is 0 Å². The first kappa shape index (κ1) is 77.6. The molecule has 0 aliphatic rings. The van der Waals surface area contributed by atoms with E-state index in [-0.39, 0.29) is 6.61 Å². The first-order chi connectivity index (χ1) is 40.4. The molecule has 82 heavy (non-hydrogen) atoms. The molecule has 1 unspecified atom stereocenters. The van der Waals surface area contributed by atoms with Crippen LogP contribution < -0.4 is 19.5 Å². The Labute approximate surface area is 501 Å². The number of nitrogens with one attached hydrogen (secondary N) is 2. The molecule has 2 N–H and O–H groups in total. The third-order valence-electron chi connectivity index (χ3n) is 14.0. The maximum Gasteiger partial charge on any atom is 0.203 e. The van der Waals surface area contributed by atoms with Gasteiger partial charge in [-0.2, -0.15) is 5.11 Å². The molecule has 1 aromatic carbocycles. The molecular formula is C65H124N3O13P. The molecule has 17 heteroatoms. The molecule has 0 radical (unpaired) electrons. The van der Waals surface area contributed by atoms with Crippen molar-refractivity contribution in [2.24, 2.45) is 5.11 Å². The molecule has 0 bridgehead atoms. The van der Waals surface area contributed by atoms with Crippen molar-refractivity contribution in [3.63, 3.8) is 0 Å². The van der Waals surface area contributed by atoms with Crippen LogP contribution in [0.4, 0.5) is 0 Å². The van der Waals surface area contributed by atoms with Crippen molar-refractivity contribution in [3.8, 4) is 17.2 Å². The van der Waals surface area contributed by atoms with Crippen LogP contribution in [0.2, 0.25) is 0 Å². The van der Waals surface area contributed by atoms with Crippen LogP contribution in [0.5, 0.6) is 17.2 Å². The Hall–Kier alpha value is -2.37. The van der Waals surface area contributed by atoms with E-state index in [0.29, 0.717) is 144 Å². The van der Waals surface area contributed by atoms with Crippen molar-refractivity contribution >= 4 is 7.37 Å². The number of benzene rings is 1. The fraction of sp³-hybridized carbons (Fsp3) is 0.877. The van der Waals surface area contributed by atoms with Crippen LogP contribution in [-0.4, -0.2) is 145 Å². The fourth-order valence-electron chi connectivity index (χ4n) is 9.07. The second kappa shape index (κ2) is 61.7. The first-order valence-electron chi connectivity index (χ1n) is 33.1. The molecule has 482 valence electrons. The Morgan fingerprint density at radius 1 is 0.427 bits per heavy atom. The van der Waals surface area contributed by atoms with Gasteiger partial charge in [0, 0.05) is 25.6 Å². The molecule has 1 rings (SSSR count). The van der Waals surface area contributed by atoms with Gasteiger partial charge in [0.15, 0.2) is 11.5 Å². The van der Waals surface area contributed by atoms with Crippen LogP contribution in [0.15, 0.2) is 29.1 Å². The number of hydrogen-bond donors (Lipinski definition) is 2. The van der Waals surface area contributed by atoms with E-state index < -0.39 is 7.37 Å². The maximum atomic E-state index is 12.0. The summed E-state index contributed by atoms with van der Waals surface area (Å²) in [6.07, 6.45) is 40.5. The summed E-state index contributed by atoms with van der Waals surface area (Å²) in [6, 6.07) is 4.19. The second-order valence-electron chi connectivity index (χ2n) is 21.6. The van der Waals surface area contributed by atoms with Gasteiger partial charge in [-0.05, 0) is 43.9 Å². The van der Waals surface area contributed by atoms with Crippen molar-refractivity contribution in [3.05, 3.63) is 29.6 Å². The van der Waals surface area contributed by atoms with Crippen LogP contribution in [-0.2, 0) is 53.5 Å². The van der Waals surface area contributed by atoms with Crippen molar-refractivity contribution in [1.29, 1.82) is 5.53 Å². The predicted octanol–water partition coefficient (Wildman–Crippen LogP) is 16.6. The SMILES string of the molecule is CCCCCCCCCCCCOc1cc(CN/C=C(/COCCOCCOCCOCCOCCOCCOCCOCCP(C)(=O)OCC)N=N)cc(OCCCCCCCCCCCC)c1OCCCCCCCCCCCC. The lowest BCUT2D eigenvalue weighted by Crippen LogP contribution is -2.15. The molecule has 1 atom stereocenters. The number of nitrogens with zero attached hydrogens (tertiary/aromatic N) is 1. The Kier molecular flexibility index (Phi) is 58.4. The smallest absolute Gasteiger partial charge is 0.203 e. The van der Waals surface area contributed by atoms with Gasteiger partial charge in [-0.1, -0.05) is 194 Å². The lowest BCUT2D eigenvalue weighted by molar-refractivity contribution is -0.0224. The van der Waals surface area contributed by atoms with E-state index in [1.54, 1.807) is 12.9 Å². The summed E-state index contributed by atoms with van der Waals surface area (Å²) < 4.78 is 81.8. The standard InChI is InChI=1S/C65H124N3O13P/c1-6-10-13-16-19-22-25-28-31-34-37-78-63-56-61(57-64(79-38-35-32-29-26-23-20-17-14-11-7-2)65(63)80-39-36-33-30-27-24-21-18-15-12-8-3)58-67-59-62(68-66)60-77-53-52-75-49-48-73-45-44-71-41-40-70-42-43-72-46-47-74-50-51-76-54-55-82(5,69)81-9-4/h56-57,59,66-67H,6-55,58,60H2,1-5H3/b62-59-,68-66?. The van der Waals surface area contributed by atoms with Crippen LogP contribution in [0.3, 0.4) is 0 Å². The van der Waals surface area contributed by atoms with E-state index in [9.17, 15) is 4.57 Å². The third-order valence-corrected chi connectivity index (χ3v) is 15.8. The molecule has 0 amide bonds. The average Bonchev–Trinajstić information content (AvgIpc) is 3.68. The van der Waals surface area contributed by atoms with Crippen LogP contribution in [0.25, 0.3) is 0 Å². The lowest BCUT2D eigenvalue weighted by atomic mass is 10.1. The number of rotatable bonds is 68. The molecule has 0 aromatic heterocycles. The maximum absolute atomic E-state index is 12.0. The molecule has 16 nitrogen and oxygen atoms in total. The lowest BCUT2D eigenvalue weighted by Gasteiger charge is -2.19. The summed E-state index contributed by atoms with van der Waals surface area (Å²) in [5, 5.41) is 7.10.